The first-order valence-electron chi connectivity index (χ1n) is 7.60. The Morgan fingerprint density at radius 3 is 2.46 bits per heavy atom. The zero-order chi connectivity index (χ0) is 19.1. The number of amidine groups is 1. The quantitative estimate of drug-likeness (QED) is 0.792. The van der Waals surface area contributed by atoms with Gasteiger partial charge in [0.15, 0.2) is 20.7 Å². The van der Waals surface area contributed by atoms with Gasteiger partial charge in [-0.1, -0.05) is 28.1 Å². The third kappa shape index (κ3) is 3.12. The fourth-order valence-electron chi connectivity index (χ4n) is 2.82. The van der Waals surface area contributed by atoms with Crippen LogP contribution < -0.4 is 10.5 Å². The molecule has 0 saturated heterocycles. The number of rotatable bonds is 3. The maximum absolute atomic E-state index is 12.1. The summed E-state index contributed by atoms with van der Waals surface area (Å²) >= 11 is 3.43. The molecular weight excluding hydrogens is 420 g/mol. The van der Waals surface area contributed by atoms with E-state index in [9.17, 15) is 8.42 Å². The fraction of sp³-hybridized carbons (Fsp3) is 0.235. The number of hydrogen-bond acceptors (Lipinski definition) is 7. The Bertz CT molecular complexity index is 1050. The molecule has 0 saturated carbocycles. The first-order chi connectivity index (χ1) is 12.2. The summed E-state index contributed by atoms with van der Waals surface area (Å²) in [6.45, 7) is 1.84. The van der Waals surface area contributed by atoms with E-state index in [0.717, 1.165) is 16.3 Å². The highest BCUT2D eigenvalue weighted by atomic mass is 79.9. The van der Waals surface area contributed by atoms with Gasteiger partial charge in [-0.3, -0.25) is 0 Å². The zero-order valence-corrected chi connectivity index (χ0v) is 16.8. The monoisotopic (exact) mass is 436 g/mol. The van der Waals surface area contributed by atoms with Crippen molar-refractivity contribution in [1.29, 1.82) is 0 Å². The highest BCUT2D eigenvalue weighted by Gasteiger charge is 2.42. The van der Waals surface area contributed by atoms with Crippen molar-refractivity contribution < 1.29 is 13.2 Å². The number of nitrogens with zero attached hydrogens (tertiary/aromatic N) is 3. The molecule has 1 aliphatic heterocycles. The van der Waals surface area contributed by atoms with Crippen LogP contribution in [0.1, 0.15) is 16.7 Å². The van der Waals surface area contributed by atoms with E-state index in [0.29, 0.717) is 17.0 Å². The van der Waals surface area contributed by atoms with Gasteiger partial charge in [0.2, 0.25) is 11.5 Å². The van der Waals surface area contributed by atoms with Crippen LogP contribution in [0.2, 0.25) is 0 Å². The Kier molecular flexibility index (Phi) is 4.61. The predicted octanol–water partition coefficient (Wildman–Crippen LogP) is 2.18. The summed E-state index contributed by atoms with van der Waals surface area (Å²) in [6.07, 6.45) is 2.63. The van der Waals surface area contributed by atoms with Crippen LogP contribution in [0.4, 0.5) is 0 Å². The molecule has 26 heavy (non-hydrogen) atoms. The Morgan fingerprint density at radius 1 is 1.19 bits per heavy atom. The molecule has 2 aromatic rings. The maximum atomic E-state index is 12.1. The lowest BCUT2D eigenvalue weighted by Gasteiger charge is -2.24. The van der Waals surface area contributed by atoms with Crippen molar-refractivity contribution in [2.24, 2.45) is 15.7 Å². The number of benzene rings is 1. The van der Waals surface area contributed by atoms with Crippen molar-refractivity contribution >= 4 is 36.6 Å². The van der Waals surface area contributed by atoms with Crippen LogP contribution in [0.15, 0.2) is 51.0 Å². The molecule has 1 atom stereocenters. The van der Waals surface area contributed by atoms with Gasteiger partial charge in [0, 0.05) is 33.6 Å². The molecule has 2 heterocycles. The first-order valence-corrected chi connectivity index (χ1v) is 10.3. The molecule has 1 unspecified atom stereocenters. The standard InChI is InChI=1S/C17H17BrN4O3S/c1-10-7-12(9-20-15(10)25-2)17(11-5-4-6-13(18)8-11)21-14(19)16(22-17)26(3,23)24/h4-9H,1-3H3,(H2,19,21). The van der Waals surface area contributed by atoms with Crippen molar-refractivity contribution in [3.05, 3.63) is 57.7 Å². The summed E-state index contributed by atoms with van der Waals surface area (Å²) in [4.78, 5) is 13.2. The van der Waals surface area contributed by atoms with E-state index in [1.807, 2.05) is 37.3 Å². The maximum Gasteiger partial charge on any atom is 0.215 e. The van der Waals surface area contributed by atoms with E-state index >= 15 is 0 Å². The van der Waals surface area contributed by atoms with E-state index in [1.54, 1.807) is 6.20 Å². The first kappa shape index (κ1) is 18.5. The van der Waals surface area contributed by atoms with Crippen LogP contribution in [0.5, 0.6) is 5.88 Å². The normalized spacial score (nSPS) is 19.8. The van der Waals surface area contributed by atoms with Crippen molar-refractivity contribution in [1.82, 2.24) is 4.98 Å². The Hall–Kier alpha value is -2.26. The molecule has 0 bridgehead atoms. The summed E-state index contributed by atoms with van der Waals surface area (Å²) in [6, 6.07) is 9.14. The van der Waals surface area contributed by atoms with Gasteiger partial charge in [-0.15, -0.1) is 0 Å². The lowest BCUT2D eigenvalue weighted by atomic mass is 9.93. The SMILES string of the molecule is COc1ncc(C2(c3cccc(Br)c3)N=C(N)C(S(C)(=O)=O)=N2)cc1C. The number of aromatic nitrogens is 1. The van der Waals surface area contributed by atoms with Crippen LogP contribution in [-0.2, 0) is 15.5 Å². The molecule has 0 radical (unpaired) electrons. The van der Waals surface area contributed by atoms with E-state index in [1.165, 1.54) is 7.11 Å². The van der Waals surface area contributed by atoms with Gasteiger partial charge in [-0.2, -0.15) is 0 Å². The molecule has 1 aliphatic rings. The Balaban J connectivity index is 2.33. The molecule has 136 valence electrons. The van der Waals surface area contributed by atoms with Gasteiger partial charge in [0.25, 0.3) is 0 Å². The van der Waals surface area contributed by atoms with Crippen molar-refractivity contribution in [2.45, 2.75) is 12.6 Å². The van der Waals surface area contributed by atoms with Gasteiger partial charge in [0.1, 0.15) is 0 Å². The minimum Gasteiger partial charge on any atom is -0.481 e. The van der Waals surface area contributed by atoms with E-state index < -0.39 is 15.5 Å². The van der Waals surface area contributed by atoms with Crippen molar-refractivity contribution in [3.63, 3.8) is 0 Å². The van der Waals surface area contributed by atoms with Crippen LogP contribution >= 0.6 is 15.9 Å². The highest BCUT2D eigenvalue weighted by Crippen LogP contribution is 2.40. The molecule has 0 amide bonds. The number of aliphatic imine (C=N–C) groups is 2. The lowest BCUT2D eigenvalue weighted by Crippen LogP contribution is -2.27. The average molecular weight is 437 g/mol. The second-order valence-electron chi connectivity index (χ2n) is 5.92. The fourth-order valence-corrected chi connectivity index (χ4v) is 3.94. The summed E-state index contributed by atoms with van der Waals surface area (Å²) in [5.41, 5.74) is 6.64. The van der Waals surface area contributed by atoms with Gasteiger partial charge in [0.05, 0.1) is 7.11 Å². The van der Waals surface area contributed by atoms with Gasteiger partial charge < -0.3 is 10.5 Å². The summed E-state index contributed by atoms with van der Waals surface area (Å²) in [5, 5.41) is -0.231. The largest absolute Gasteiger partial charge is 0.481 e. The summed E-state index contributed by atoms with van der Waals surface area (Å²) in [7, 11) is -2.10. The number of aryl methyl sites for hydroxylation is 1. The molecule has 2 N–H and O–H groups in total. The van der Waals surface area contributed by atoms with E-state index in [-0.39, 0.29) is 10.9 Å². The molecule has 1 aromatic heterocycles. The third-order valence-corrected chi connectivity index (χ3v) is 5.47. The summed E-state index contributed by atoms with van der Waals surface area (Å²) in [5.74, 6) is 0.348. The number of methoxy groups -OCH3 is 1. The molecule has 9 heteroatoms. The predicted molar refractivity (Wildman–Crippen MR) is 104 cm³/mol. The number of nitrogens with two attached hydrogens (primary N) is 1. The molecule has 0 fully saturated rings. The molecular formula is C17H17BrN4O3S. The third-order valence-electron chi connectivity index (χ3n) is 3.97. The molecule has 1 aromatic carbocycles. The van der Waals surface area contributed by atoms with Gasteiger partial charge in [-0.05, 0) is 25.1 Å². The van der Waals surface area contributed by atoms with Crippen molar-refractivity contribution in [2.75, 3.05) is 13.4 Å². The molecule has 3 rings (SSSR count). The van der Waals surface area contributed by atoms with Crippen LogP contribution in [0.3, 0.4) is 0 Å². The second kappa shape index (κ2) is 6.48. The van der Waals surface area contributed by atoms with Crippen LogP contribution in [0, 0.1) is 6.92 Å². The van der Waals surface area contributed by atoms with Gasteiger partial charge in [-0.25, -0.2) is 23.4 Å². The smallest absolute Gasteiger partial charge is 0.215 e. The van der Waals surface area contributed by atoms with Crippen molar-refractivity contribution in [3.8, 4) is 5.88 Å². The Labute approximate surface area is 160 Å². The Morgan fingerprint density at radius 2 is 1.92 bits per heavy atom. The number of sulfone groups is 1. The topological polar surface area (TPSA) is 107 Å². The number of hydrogen-bond donors (Lipinski definition) is 1. The zero-order valence-electron chi connectivity index (χ0n) is 14.4. The lowest BCUT2D eigenvalue weighted by molar-refractivity contribution is 0.393. The minimum atomic E-state index is -3.63. The number of ether oxygens (including phenoxy) is 1. The number of halogens is 1. The van der Waals surface area contributed by atoms with E-state index in [4.69, 9.17) is 10.5 Å². The average Bonchev–Trinajstić information content (AvgIpc) is 2.94. The number of pyridine rings is 1. The van der Waals surface area contributed by atoms with E-state index in [2.05, 4.69) is 30.9 Å². The van der Waals surface area contributed by atoms with Gasteiger partial charge >= 0.3 is 0 Å². The molecule has 0 spiro atoms. The second-order valence-corrected chi connectivity index (χ2v) is 8.77. The molecule has 0 aliphatic carbocycles. The highest BCUT2D eigenvalue weighted by molar-refractivity contribution is 9.10. The van der Waals surface area contributed by atoms with Crippen LogP contribution in [-0.4, -0.2) is 37.6 Å². The summed E-state index contributed by atoms with van der Waals surface area (Å²) < 4.78 is 30.2. The molecule has 7 nitrogen and oxygen atoms in total. The van der Waals surface area contributed by atoms with Crippen LogP contribution in [0.25, 0.3) is 0 Å². The minimum absolute atomic E-state index is 0.124.